The van der Waals surface area contributed by atoms with E-state index < -0.39 is 0 Å². The monoisotopic (exact) mass is 526 g/mol. The van der Waals surface area contributed by atoms with E-state index in [0.29, 0.717) is 40.9 Å². The maximum absolute atomic E-state index is 13.4. The van der Waals surface area contributed by atoms with Crippen molar-refractivity contribution in [3.05, 3.63) is 88.2 Å². The summed E-state index contributed by atoms with van der Waals surface area (Å²) in [5, 5.41) is 13.4. The number of amides is 1. The van der Waals surface area contributed by atoms with E-state index in [1.165, 1.54) is 11.8 Å². The lowest BCUT2D eigenvalue weighted by Gasteiger charge is -2.25. The molecule has 0 bridgehead atoms. The molecule has 1 aliphatic rings. The molecule has 5 rings (SSSR count). The smallest absolute Gasteiger partial charge is 0.237 e. The van der Waals surface area contributed by atoms with Crippen molar-refractivity contribution in [2.24, 2.45) is 0 Å². The van der Waals surface area contributed by atoms with Crippen molar-refractivity contribution in [3.8, 4) is 23.0 Å². The van der Waals surface area contributed by atoms with Crippen LogP contribution in [0.5, 0.6) is 11.6 Å². The van der Waals surface area contributed by atoms with Crippen LogP contribution < -0.4 is 10.1 Å². The Hall–Kier alpha value is -3.75. The van der Waals surface area contributed by atoms with Gasteiger partial charge in [-0.3, -0.25) is 9.78 Å². The maximum Gasteiger partial charge on any atom is 0.237 e. The molecule has 0 saturated carbocycles. The quantitative estimate of drug-likeness (QED) is 0.194. The van der Waals surface area contributed by atoms with Crippen molar-refractivity contribution < 1.29 is 14.6 Å². The number of nitrogens with one attached hydrogen (secondary N) is 1. The summed E-state index contributed by atoms with van der Waals surface area (Å²) in [4.78, 5) is 27.5. The third kappa shape index (κ3) is 5.14. The predicted molar refractivity (Wildman–Crippen MR) is 150 cm³/mol. The Morgan fingerprint density at radius 3 is 2.63 bits per heavy atom. The largest absolute Gasteiger partial charge is 0.436 e. The molecule has 1 aliphatic heterocycles. The van der Waals surface area contributed by atoms with E-state index >= 15 is 0 Å². The van der Waals surface area contributed by atoms with Crippen LogP contribution in [0.3, 0.4) is 0 Å². The average Bonchev–Trinajstić information content (AvgIpc) is 2.93. The SMILES string of the molecule is CC[C@@H](Sc1nc(-c2ccccc2)nc2c1Cc1c(CO)cnc(C)c1O2)C(=O)Nc1cc(C)ccc1C. The highest BCUT2D eigenvalue weighted by atomic mass is 32.2. The van der Waals surface area contributed by atoms with Gasteiger partial charge in [0.25, 0.3) is 0 Å². The Morgan fingerprint density at radius 1 is 1.11 bits per heavy atom. The van der Waals surface area contributed by atoms with Gasteiger partial charge in [0.05, 0.1) is 23.1 Å². The number of hydrogen-bond acceptors (Lipinski definition) is 7. The van der Waals surface area contributed by atoms with Gasteiger partial charge in [0.15, 0.2) is 11.6 Å². The fourth-order valence-electron chi connectivity index (χ4n) is 4.45. The molecular formula is C30H30N4O3S. The van der Waals surface area contributed by atoms with Crippen LogP contribution in [0.25, 0.3) is 11.4 Å². The Labute approximate surface area is 226 Å². The zero-order chi connectivity index (χ0) is 26.8. The maximum atomic E-state index is 13.4. The number of pyridine rings is 1. The standard InChI is InChI=1S/C30H30N4O3S/c1-5-25(28(36)32-24-13-17(2)11-12-18(24)3)38-30-23-14-22-21(16-35)15-31-19(4)26(22)37-29(23)33-27(34-30)20-9-7-6-8-10-20/h6-13,15,25,35H,5,14,16H2,1-4H3,(H,32,36)/t25-/m1/s1. The molecule has 8 heteroatoms. The molecule has 1 atom stereocenters. The lowest BCUT2D eigenvalue weighted by molar-refractivity contribution is -0.115. The molecule has 2 aromatic heterocycles. The minimum Gasteiger partial charge on any atom is -0.436 e. The third-order valence-electron chi connectivity index (χ3n) is 6.66. The molecule has 0 fully saturated rings. The Kier molecular flexibility index (Phi) is 7.44. The Bertz CT molecular complexity index is 1510. The highest BCUT2D eigenvalue weighted by molar-refractivity contribution is 8.00. The number of carbonyl (C=O) groups excluding carboxylic acids is 1. The molecule has 0 aliphatic carbocycles. The number of hydrogen-bond donors (Lipinski definition) is 2. The molecule has 0 saturated heterocycles. The number of ether oxygens (including phenoxy) is 1. The van der Waals surface area contributed by atoms with Crippen LogP contribution in [0.15, 0.2) is 59.8 Å². The summed E-state index contributed by atoms with van der Waals surface area (Å²) >= 11 is 1.42. The van der Waals surface area contributed by atoms with Gasteiger partial charge in [-0.1, -0.05) is 61.2 Å². The number of carbonyl (C=O) groups is 1. The molecule has 0 spiro atoms. The zero-order valence-electron chi connectivity index (χ0n) is 21.9. The lowest BCUT2D eigenvalue weighted by atomic mass is 9.99. The number of aliphatic hydroxyl groups is 1. The predicted octanol–water partition coefficient (Wildman–Crippen LogP) is 6.16. The van der Waals surface area contributed by atoms with E-state index in [2.05, 4.69) is 10.3 Å². The molecule has 4 aromatic rings. The second-order valence-corrected chi connectivity index (χ2v) is 10.6. The number of aryl methyl sites for hydroxylation is 3. The van der Waals surface area contributed by atoms with Crippen molar-refractivity contribution in [2.75, 3.05) is 5.32 Å². The fraction of sp³-hybridized carbons (Fsp3) is 0.267. The summed E-state index contributed by atoms with van der Waals surface area (Å²) in [5.74, 6) is 1.54. The number of nitrogens with zero attached hydrogens (tertiary/aromatic N) is 3. The van der Waals surface area contributed by atoms with E-state index in [-0.39, 0.29) is 17.8 Å². The number of aromatic nitrogens is 3. The summed E-state index contributed by atoms with van der Waals surface area (Å²) in [5.41, 5.74) is 6.90. The number of benzene rings is 2. The second kappa shape index (κ2) is 10.9. The molecule has 0 unspecified atom stereocenters. The molecule has 2 N–H and O–H groups in total. The van der Waals surface area contributed by atoms with Gasteiger partial charge < -0.3 is 15.2 Å². The molecule has 194 valence electrons. The fourth-order valence-corrected chi connectivity index (χ4v) is 5.49. The van der Waals surface area contributed by atoms with Crippen molar-refractivity contribution >= 4 is 23.4 Å². The second-order valence-electron chi connectivity index (χ2n) is 9.44. The summed E-state index contributed by atoms with van der Waals surface area (Å²) in [6.45, 7) is 7.73. The van der Waals surface area contributed by atoms with Gasteiger partial charge in [0.1, 0.15) is 5.03 Å². The van der Waals surface area contributed by atoms with Crippen molar-refractivity contribution in [2.45, 2.75) is 57.4 Å². The van der Waals surface area contributed by atoms with E-state index in [9.17, 15) is 9.90 Å². The van der Waals surface area contributed by atoms with Crippen LogP contribution in [0.1, 0.15) is 46.9 Å². The van der Waals surface area contributed by atoms with Gasteiger partial charge in [-0.05, 0) is 44.4 Å². The summed E-state index contributed by atoms with van der Waals surface area (Å²) in [6.07, 6.45) is 2.78. The van der Waals surface area contributed by atoms with Gasteiger partial charge in [-0.25, -0.2) is 4.98 Å². The van der Waals surface area contributed by atoms with Crippen molar-refractivity contribution in [1.29, 1.82) is 0 Å². The topological polar surface area (TPSA) is 97.2 Å². The number of fused-ring (bicyclic) bond motifs is 2. The van der Waals surface area contributed by atoms with E-state index in [1.807, 2.05) is 76.2 Å². The minimum atomic E-state index is -0.379. The first-order valence-electron chi connectivity index (χ1n) is 12.6. The van der Waals surface area contributed by atoms with Gasteiger partial charge in [-0.15, -0.1) is 0 Å². The molecule has 38 heavy (non-hydrogen) atoms. The highest BCUT2D eigenvalue weighted by Crippen LogP contribution is 2.43. The van der Waals surface area contributed by atoms with Crippen LogP contribution in [0.4, 0.5) is 5.69 Å². The average molecular weight is 527 g/mol. The molecule has 2 aromatic carbocycles. The lowest BCUT2D eigenvalue weighted by Crippen LogP contribution is -2.25. The number of thioether (sulfide) groups is 1. The first kappa shape index (κ1) is 25.9. The Balaban J connectivity index is 1.54. The summed E-state index contributed by atoms with van der Waals surface area (Å²) in [6, 6.07) is 15.8. The third-order valence-corrected chi connectivity index (χ3v) is 8.05. The van der Waals surface area contributed by atoms with Gasteiger partial charge in [0, 0.05) is 35.0 Å². The van der Waals surface area contributed by atoms with Gasteiger partial charge in [-0.2, -0.15) is 4.98 Å². The van der Waals surface area contributed by atoms with Crippen LogP contribution >= 0.6 is 11.8 Å². The first-order valence-corrected chi connectivity index (χ1v) is 13.5. The molecule has 7 nitrogen and oxygen atoms in total. The van der Waals surface area contributed by atoms with Crippen LogP contribution in [0.2, 0.25) is 0 Å². The normalized spacial score (nSPS) is 12.8. The minimum absolute atomic E-state index is 0.0759. The van der Waals surface area contributed by atoms with Crippen LogP contribution in [-0.2, 0) is 17.8 Å². The van der Waals surface area contributed by atoms with Crippen LogP contribution in [0, 0.1) is 20.8 Å². The number of anilines is 1. The molecule has 0 radical (unpaired) electrons. The number of rotatable bonds is 7. The van der Waals surface area contributed by atoms with Gasteiger partial charge in [0.2, 0.25) is 11.8 Å². The number of aliphatic hydroxyl groups excluding tert-OH is 1. The highest BCUT2D eigenvalue weighted by Gasteiger charge is 2.30. The van der Waals surface area contributed by atoms with E-state index in [0.717, 1.165) is 39.2 Å². The van der Waals surface area contributed by atoms with Crippen molar-refractivity contribution in [3.63, 3.8) is 0 Å². The molecular weight excluding hydrogens is 496 g/mol. The molecule has 3 heterocycles. The van der Waals surface area contributed by atoms with Crippen molar-refractivity contribution in [1.82, 2.24) is 15.0 Å². The summed E-state index contributed by atoms with van der Waals surface area (Å²) < 4.78 is 6.32. The first-order chi connectivity index (χ1) is 18.4. The van der Waals surface area contributed by atoms with E-state index in [4.69, 9.17) is 14.7 Å². The van der Waals surface area contributed by atoms with Crippen LogP contribution in [-0.4, -0.2) is 31.2 Å². The summed E-state index contributed by atoms with van der Waals surface area (Å²) in [7, 11) is 0. The van der Waals surface area contributed by atoms with Gasteiger partial charge >= 0.3 is 0 Å². The Morgan fingerprint density at radius 2 is 1.89 bits per heavy atom. The zero-order valence-corrected chi connectivity index (χ0v) is 22.7. The molecule has 1 amide bonds. The van der Waals surface area contributed by atoms with E-state index in [1.54, 1.807) is 6.20 Å².